The van der Waals surface area contributed by atoms with E-state index < -0.39 is 0 Å². The third kappa shape index (κ3) is 8.72. The summed E-state index contributed by atoms with van der Waals surface area (Å²) in [5.41, 5.74) is 2.72. The number of nitrogens with one attached hydrogen (secondary N) is 1. The average molecular weight is 428 g/mol. The first-order valence-corrected chi connectivity index (χ1v) is 8.07. The Balaban J connectivity index is 0.000000620. The van der Waals surface area contributed by atoms with Gasteiger partial charge in [-0.15, -0.1) is 0 Å². The Labute approximate surface area is 166 Å². The monoisotopic (exact) mass is 427 g/mol. The van der Waals surface area contributed by atoms with Gasteiger partial charge < -0.3 is 24.4 Å². The molecule has 1 aromatic rings. The van der Waals surface area contributed by atoms with Crippen molar-refractivity contribution in [2.75, 3.05) is 0 Å². The molecule has 3 heteroatoms. The SMILES string of the molecule is CC(N/C=C1/C=CC=CC1=O)c1ccccc1.[CH-]=C([CH2-])C(C)(C)C.[Pd+2]. The maximum atomic E-state index is 11.5. The molecule has 0 bridgehead atoms. The van der Waals surface area contributed by atoms with Crippen LogP contribution in [0.5, 0.6) is 0 Å². The molecular weight excluding hydrogens is 401 g/mol. The van der Waals surface area contributed by atoms with E-state index in [1.165, 1.54) is 5.56 Å². The molecule has 2 rings (SSSR count). The normalized spacial score (nSPS) is 15.7. The van der Waals surface area contributed by atoms with E-state index in [0.717, 1.165) is 5.57 Å². The van der Waals surface area contributed by atoms with Crippen LogP contribution in [0.25, 0.3) is 0 Å². The van der Waals surface area contributed by atoms with Gasteiger partial charge in [-0.2, -0.15) is 0 Å². The summed E-state index contributed by atoms with van der Waals surface area (Å²) in [5, 5.41) is 3.23. The molecule has 0 aromatic heterocycles. The van der Waals surface area contributed by atoms with Gasteiger partial charge in [0.05, 0.1) is 0 Å². The van der Waals surface area contributed by atoms with E-state index in [1.54, 1.807) is 18.4 Å². The van der Waals surface area contributed by atoms with Crippen LogP contribution < -0.4 is 5.32 Å². The molecule has 136 valence electrons. The molecule has 1 aliphatic carbocycles. The average Bonchev–Trinajstić information content (AvgIpc) is 2.54. The Bertz CT molecular complexity index is 648. The fourth-order valence-electron chi connectivity index (χ4n) is 1.65. The first-order chi connectivity index (χ1) is 11.2. The standard InChI is InChI=1S/C15H15NO.C7H12.Pd/c1-12(13-7-3-2-4-8-13)16-11-14-9-5-6-10-15(14)17;1-6(2)7(3,4)5;/h2-12,16H,1H3;1H,2H2,3-5H3;/q;-2;+2/b14-11-;;. The first kappa shape index (κ1) is 23.2. The molecule has 0 saturated heterocycles. The number of hydrogen-bond acceptors (Lipinski definition) is 2. The molecule has 1 aliphatic rings. The minimum atomic E-state index is 0. The van der Waals surface area contributed by atoms with Crippen LogP contribution in [0.1, 0.15) is 39.3 Å². The summed E-state index contributed by atoms with van der Waals surface area (Å²) in [4.78, 5) is 11.5. The molecule has 2 nitrogen and oxygen atoms in total. The van der Waals surface area contributed by atoms with Crippen molar-refractivity contribution in [3.8, 4) is 0 Å². The van der Waals surface area contributed by atoms with Crippen LogP contribution >= 0.6 is 0 Å². The second-order valence-corrected chi connectivity index (χ2v) is 6.76. The Morgan fingerprint density at radius 3 is 2.16 bits per heavy atom. The van der Waals surface area contributed by atoms with Crippen LogP contribution in [-0.4, -0.2) is 5.78 Å². The van der Waals surface area contributed by atoms with Crippen LogP contribution in [0.2, 0.25) is 0 Å². The van der Waals surface area contributed by atoms with E-state index in [1.807, 2.05) is 51.1 Å². The van der Waals surface area contributed by atoms with Gasteiger partial charge in [-0.25, -0.2) is 0 Å². The van der Waals surface area contributed by atoms with Crippen molar-refractivity contribution in [3.05, 3.63) is 91.0 Å². The minimum Gasteiger partial charge on any atom is -0.545 e. The molecule has 0 radical (unpaired) electrons. The van der Waals surface area contributed by atoms with Gasteiger partial charge in [0.1, 0.15) is 0 Å². The number of hydrogen-bond donors (Lipinski definition) is 1. The van der Waals surface area contributed by atoms with E-state index >= 15 is 0 Å². The molecule has 0 spiro atoms. The second-order valence-electron chi connectivity index (χ2n) is 6.76. The fourth-order valence-corrected chi connectivity index (χ4v) is 1.65. The molecular formula is C22H27NOPd. The zero-order valence-corrected chi connectivity index (χ0v) is 16.9. The molecule has 1 atom stereocenters. The van der Waals surface area contributed by atoms with Crippen LogP contribution in [0, 0.1) is 18.9 Å². The number of benzene rings is 1. The molecule has 1 aromatic carbocycles. The maximum absolute atomic E-state index is 11.5. The first-order valence-electron chi connectivity index (χ1n) is 8.07. The summed E-state index contributed by atoms with van der Waals surface area (Å²) in [5.74, 6) is 0.0419. The van der Waals surface area contributed by atoms with Gasteiger partial charge in [0.2, 0.25) is 0 Å². The van der Waals surface area contributed by atoms with Crippen LogP contribution in [0.15, 0.2) is 72.0 Å². The van der Waals surface area contributed by atoms with E-state index in [9.17, 15) is 4.79 Å². The Morgan fingerprint density at radius 2 is 1.68 bits per heavy atom. The van der Waals surface area contributed by atoms with Crippen LogP contribution in [0.4, 0.5) is 0 Å². The predicted molar refractivity (Wildman–Crippen MR) is 102 cm³/mol. The van der Waals surface area contributed by atoms with Crippen molar-refractivity contribution in [3.63, 3.8) is 0 Å². The largest absolute Gasteiger partial charge is 2.00 e. The Hall–Kier alpha value is -1.82. The zero-order valence-electron chi connectivity index (χ0n) is 15.4. The quantitative estimate of drug-likeness (QED) is 0.411. The number of allylic oxidation sites excluding steroid dienone is 6. The number of carbonyl (C=O) groups excluding carboxylic acids is 1. The minimum absolute atomic E-state index is 0. The van der Waals surface area contributed by atoms with Crippen molar-refractivity contribution in [1.29, 1.82) is 0 Å². The zero-order chi connectivity index (χ0) is 18.2. The number of carbonyl (C=O) groups is 1. The summed E-state index contributed by atoms with van der Waals surface area (Å²) < 4.78 is 0. The van der Waals surface area contributed by atoms with E-state index in [4.69, 9.17) is 6.58 Å². The molecule has 0 fully saturated rings. The smallest absolute Gasteiger partial charge is 0.545 e. The molecule has 1 unspecified atom stereocenters. The molecule has 25 heavy (non-hydrogen) atoms. The third-order valence-electron chi connectivity index (χ3n) is 3.67. The van der Waals surface area contributed by atoms with Crippen molar-refractivity contribution in [1.82, 2.24) is 5.32 Å². The summed E-state index contributed by atoms with van der Waals surface area (Å²) in [6.45, 7) is 17.2. The van der Waals surface area contributed by atoms with Crippen molar-refractivity contribution in [2.45, 2.75) is 33.7 Å². The fraction of sp³-hybridized carbons (Fsp3) is 0.273. The van der Waals surface area contributed by atoms with Gasteiger partial charge in [0.15, 0.2) is 5.78 Å². The van der Waals surface area contributed by atoms with E-state index in [-0.39, 0.29) is 37.7 Å². The van der Waals surface area contributed by atoms with Gasteiger partial charge >= 0.3 is 20.4 Å². The molecule has 1 N–H and O–H groups in total. The molecule has 0 heterocycles. The van der Waals surface area contributed by atoms with Gasteiger partial charge in [-0.1, -0.05) is 68.7 Å². The summed E-state index contributed by atoms with van der Waals surface area (Å²) in [7, 11) is 0. The van der Waals surface area contributed by atoms with Crippen LogP contribution in [0.3, 0.4) is 0 Å². The summed E-state index contributed by atoms with van der Waals surface area (Å²) >= 11 is 0. The van der Waals surface area contributed by atoms with Gasteiger partial charge in [-0.05, 0) is 24.6 Å². The topological polar surface area (TPSA) is 29.1 Å². The summed E-state index contributed by atoms with van der Waals surface area (Å²) in [6.07, 6.45) is 8.77. The Kier molecular flexibility index (Phi) is 10.1. The van der Waals surface area contributed by atoms with Gasteiger partial charge in [0, 0.05) is 17.8 Å². The maximum Gasteiger partial charge on any atom is 2.00 e. The van der Waals surface area contributed by atoms with Crippen molar-refractivity contribution in [2.24, 2.45) is 5.41 Å². The number of rotatable bonds is 3. The van der Waals surface area contributed by atoms with E-state index in [2.05, 4.69) is 31.3 Å². The third-order valence-corrected chi connectivity index (χ3v) is 3.67. The molecule has 0 saturated carbocycles. The van der Waals surface area contributed by atoms with Crippen LogP contribution in [-0.2, 0) is 25.2 Å². The van der Waals surface area contributed by atoms with E-state index in [0.29, 0.717) is 5.57 Å². The number of ketones is 1. The second kappa shape index (κ2) is 10.9. The van der Waals surface area contributed by atoms with Gasteiger partial charge in [0.25, 0.3) is 0 Å². The molecule has 0 aliphatic heterocycles. The van der Waals surface area contributed by atoms with Gasteiger partial charge in [-0.3, -0.25) is 4.79 Å². The Morgan fingerprint density at radius 1 is 1.16 bits per heavy atom. The van der Waals surface area contributed by atoms with Crippen molar-refractivity contribution >= 4 is 5.78 Å². The predicted octanol–water partition coefficient (Wildman–Crippen LogP) is 5.14. The summed E-state index contributed by atoms with van der Waals surface area (Å²) in [6, 6.07) is 10.3. The molecule has 0 amide bonds. The van der Waals surface area contributed by atoms with Crippen molar-refractivity contribution < 1.29 is 25.2 Å².